The summed E-state index contributed by atoms with van der Waals surface area (Å²) in [7, 11) is 0. The fraction of sp³-hybridized carbons (Fsp3) is 0.353. The van der Waals surface area contributed by atoms with Crippen molar-refractivity contribution in [3.05, 3.63) is 53.2 Å². The number of rotatable bonds is 5. The quantitative estimate of drug-likeness (QED) is 0.845. The predicted molar refractivity (Wildman–Crippen MR) is 87.4 cm³/mol. The molecule has 23 heavy (non-hydrogen) atoms. The van der Waals surface area contributed by atoms with Crippen LogP contribution in [-0.2, 0) is 11.2 Å². The molecule has 2 aromatic rings. The van der Waals surface area contributed by atoms with Crippen LogP contribution in [0.25, 0.3) is 0 Å². The Labute approximate surface area is 140 Å². The molecule has 120 valence electrons. The largest absolute Gasteiger partial charge is 0.471 e. The summed E-state index contributed by atoms with van der Waals surface area (Å²) in [5.41, 5.74) is 1.08. The zero-order chi connectivity index (χ0) is 16.1. The first-order valence-corrected chi connectivity index (χ1v) is 8.05. The van der Waals surface area contributed by atoms with Crippen LogP contribution in [-0.4, -0.2) is 40.2 Å². The van der Waals surface area contributed by atoms with Gasteiger partial charge in [0.2, 0.25) is 11.8 Å². The van der Waals surface area contributed by atoms with E-state index in [0.717, 1.165) is 18.5 Å². The molecule has 1 amide bonds. The summed E-state index contributed by atoms with van der Waals surface area (Å²) in [6.07, 6.45) is 3.60. The molecule has 1 aromatic heterocycles. The third-order valence-electron chi connectivity index (χ3n) is 3.85. The van der Waals surface area contributed by atoms with Gasteiger partial charge in [-0.05, 0) is 30.2 Å². The highest BCUT2D eigenvalue weighted by atomic mass is 35.5. The van der Waals surface area contributed by atoms with Crippen molar-refractivity contribution in [3.8, 4) is 5.88 Å². The molecule has 6 heteroatoms. The smallest absolute Gasteiger partial charge is 0.233 e. The average molecular weight is 332 g/mol. The van der Waals surface area contributed by atoms with E-state index in [1.165, 1.54) is 0 Å². The molecule has 3 rings (SSSR count). The third-order valence-corrected chi connectivity index (χ3v) is 4.08. The highest BCUT2D eigenvalue weighted by molar-refractivity contribution is 6.30. The lowest BCUT2D eigenvalue weighted by Gasteiger charge is -2.17. The summed E-state index contributed by atoms with van der Waals surface area (Å²) < 4.78 is 5.75. The van der Waals surface area contributed by atoms with Crippen LogP contribution in [0.15, 0.2) is 42.6 Å². The molecule has 1 fully saturated rings. The molecule has 1 saturated heterocycles. The van der Waals surface area contributed by atoms with Crippen molar-refractivity contribution in [1.29, 1.82) is 0 Å². The van der Waals surface area contributed by atoms with Gasteiger partial charge in [-0.25, -0.2) is 0 Å². The van der Waals surface area contributed by atoms with E-state index >= 15 is 0 Å². The highest BCUT2D eigenvalue weighted by Crippen LogP contribution is 2.18. The summed E-state index contributed by atoms with van der Waals surface area (Å²) in [6.45, 7) is 1.32. The number of aromatic nitrogens is 2. The van der Waals surface area contributed by atoms with Gasteiger partial charge in [-0.15, -0.1) is 5.10 Å². The Morgan fingerprint density at radius 3 is 3.04 bits per heavy atom. The summed E-state index contributed by atoms with van der Waals surface area (Å²) in [5, 5.41) is 8.40. The molecule has 1 atom stereocenters. The number of hydrogen-bond acceptors (Lipinski definition) is 4. The van der Waals surface area contributed by atoms with Crippen molar-refractivity contribution in [2.75, 3.05) is 13.1 Å². The number of amides is 1. The SMILES string of the molecule is O=C(CCc1cccc(Cl)c1)N1CC[C@@H](Oc2cccnn2)C1. The minimum absolute atomic E-state index is 0.0122. The molecule has 0 N–H and O–H groups in total. The van der Waals surface area contributed by atoms with E-state index in [9.17, 15) is 4.79 Å². The van der Waals surface area contributed by atoms with Crippen LogP contribution in [0.1, 0.15) is 18.4 Å². The lowest BCUT2D eigenvalue weighted by Crippen LogP contribution is -2.31. The van der Waals surface area contributed by atoms with Gasteiger partial charge in [0.15, 0.2) is 0 Å². The number of likely N-dealkylation sites (tertiary alicyclic amines) is 1. The van der Waals surface area contributed by atoms with E-state index in [1.54, 1.807) is 18.3 Å². The monoisotopic (exact) mass is 331 g/mol. The lowest BCUT2D eigenvalue weighted by atomic mass is 10.1. The van der Waals surface area contributed by atoms with Crippen LogP contribution in [0.4, 0.5) is 0 Å². The third kappa shape index (κ3) is 4.42. The number of carbonyl (C=O) groups is 1. The van der Waals surface area contributed by atoms with E-state index in [-0.39, 0.29) is 12.0 Å². The number of aryl methyl sites for hydroxylation is 1. The molecule has 0 spiro atoms. The lowest BCUT2D eigenvalue weighted by molar-refractivity contribution is -0.130. The first-order chi connectivity index (χ1) is 11.2. The Hall–Kier alpha value is -2.14. The second-order valence-corrected chi connectivity index (χ2v) is 6.00. The second-order valence-electron chi connectivity index (χ2n) is 5.56. The zero-order valence-electron chi connectivity index (χ0n) is 12.7. The first kappa shape index (κ1) is 15.7. The number of hydrogen-bond donors (Lipinski definition) is 0. The van der Waals surface area contributed by atoms with E-state index in [4.69, 9.17) is 16.3 Å². The van der Waals surface area contributed by atoms with Crippen molar-refractivity contribution in [2.45, 2.75) is 25.4 Å². The van der Waals surface area contributed by atoms with Crippen molar-refractivity contribution in [1.82, 2.24) is 15.1 Å². The molecule has 0 saturated carbocycles. The highest BCUT2D eigenvalue weighted by Gasteiger charge is 2.27. The summed E-state index contributed by atoms with van der Waals surface area (Å²) >= 11 is 5.96. The number of carbonyl (C=O) groups excluding carboxylic acids is 1. The molecule has 1 aromatic carbocycles. The summed E-state index contributed by atoms with van der Waals surface area (Å²) in [6, 6.07) is 11.2. The molecule has 0 aliphatic carbocycles. The van der Waals surface area contributed by atoms with Crippen molar-refractivity contribution in [2.24, 2.45) is 0 Å². The molecule has 2 heterocycles. The van der Waals surface area contributed by atoms with Gasteiger partial charge in [0.25, 0.3) is 0 Å². The Kier molecular flexibility index (Phi) is 5.08. The Bertz CT molecular complexity index is 666. The number of benzene rings is 1. The van der Waals surface area contributed by atoms with Gasteiger partial charge >= 0.3 is 0 Å². The maximum atomic E-state index is 12.3. The molecule has 1 aliphatic heterocycles. The minimum Gasteiger partial charge on any atom is -0.471 e. The van der Waals surface area contributed by atoms with Crippen molar-refractivity contribution >= 4 is 17.5 Å². The maximum absolute atomic E-state index is 12.3. The number of ether oxygens (including phenoxy) is 1. The topological polar surface area (TPSA) is 55.3 Å². The average Bonchev–Trinajstić information content (AvgIpc) is 3.02. The Morgan fingerprint density at radius 1 is 1.35 bits per heavy atom. The Balaban J connectivity index is 1.47. The Morgan fingerprint density at radius 2 is 2.26 bits per heavy atom. The van der Waals surface area contributed by atoms with E-state index in [1.807, 2.05) is 29.2 Å². The molecule has 0 unspecified atom stereocenters. The molecule has 5 nitrogen and oxygen atoms in total. The van der Waals surface area contributed by atoms with Crippen LogP contribution in [0.2, 0.25) is 5.02 Å². The summed E-state index contributed by atoms with van der Waals surface area (Å²) in [5.74, 6) is 0.654. The fourth-order valence-corrected chi connectivity index (χ4v) is 2.89. The van der Waals surface area contributed by atoms with Crippen molar-refractivity contribution < 1.29 is 9.53 Å². The van der Waals surface area contributed by atoms with Crippen LogP contribution >= 0.6 is 11.6 Å². The van der Waals surface area contributed by atoms with E-state index in [2.05, 4.69) is 10.2 Å². The molecule has 0 radical (unpaired) electrons. The van der Waals surface area contributed by atoms with Crippen LogP contribution in [0.3, 0.4) is 0 Å². The van der Waals surface area contributed by atoms with Gasteiger partial charge in [-0.2, -0.15) is 5.10 Å². The van der Waals surface area contributed by atoms with Crippen LogP contribution in [0.5, 0.6) is 5.88 Å². The van der Waals surface area contributed by atoms with E-state index in [0.29, 0.717) is 30.3 Å². The van der Waals surface area contributed by atoms with Gasteiger partial charge in [-0.3, -0.25) is 4.79 Å². The minimum atomic E-state index is -0.0122. The normalized spacial score (nSPS) is 17.3. The van der Waals surface area contributed by atoms with Crippen LogP contribution in [0, 0.1) is 0 Å². The molecule has 0 bridgehead atoms. The summed E-state index contributed by atoms with van der Waals surface area (Å²) in [4.78, 5) is 14.2. The molecular weight excluding hydrogens is 314 g/mol. The number of nitrogens with zero attached hydrogens (tertiary/aromatic N) is 3. The zero-order valence-corrected chi connectivity index (χ0v) is 13.4. The first-order valence-electron chi connectivity index (χ1n) is 7.67. The van der Waals surface area contributed by atoms with Gasteiger partial charge < -0.3 is 9.64 Å². The van der Waals surface area contributed by atoms with Crippen molar-refractivity contribution in [3.63, 3.8) is 0 Å². The van der Waals surface area contributed by atoms with Gasteiger partial charge in [0.1, 0.15) is 6.10 Å². The maximum Gasteiger partial charge on any atom is 0.233 e. The standard InChI is InChI=1S/C17H18ClN3O2/c18-14-4-1-3-13(11-14)6-7-17(22)21-10-8-15(12-21)23-16-5-2-9-19-20-16/h1-5,9,11,15H,6-8,10,12H2/t15-/m1/s1. The fourth-order valence-electron chi connectivity index (χ4n) is 2.67. The predicted octanol–water partition coefficient (Wildman–Crippen LogP) is 2.74. The molecular formula is C17H18ClN3O2. The van der Waals surface area contributed by atoms with Crippen LogP contribution < -0.4 is 4.74 Å². The second kappa shape index (κ2) is 7.42. The van der Waals surface area contributed by atoms with Gasteiger partial charge in [0.05, 0.1) is 6.54 Å². The van der Waals surface area contributed by atoms with E-state index < -0.39 is 0 Å². The van der Waals surface area contributed by atoms with Gasteiger partial charge in [-0.1, -0.05) is 23.7 Å². The number of halogens is 1. The molecule has 1 aliphatic rings. The van der Waals surface area contributed by atoms with Gasteiger partial charge in [0, 0.05) is 36.7 Å².